The summed E-state index contributed by atoms with van der Waals surface area (Å²) in [5.74, 6) is -0.383. The van der Waals surface area contributed by atoms with E-state index in [9.17, 15) is 18.0 Å². The Bertz CT molecular complexity index is 533. The Morgan fingerprint density at radius 3 is 2.56 bits per heavy atom. The maximum absolute atomic E-state index is 12.2. The molecular weight excluding hydrogens is 249 g/mol. The van der Waals surface area contributed by atoms with E-state index in [0.29, 0.717) is 0 Å². The SMILES string of the molecule is O=C(Nc1ncc[nH]1)c1ccc(C(F)(F)F)nc1. The number of hydrogen-bond donors (Lipinski definition) is 2. The van der Waals surface area contributed by atoms with Crippen molar-refractivity contribution in [2.24, 2.45) is 0 Å². The topological polar surface area (TPSA) is 70.7 Å². The number of alkyl halides is 3. The van der Waals surface area contributed by atoms with Crippen LogP contribution in [0.1, 0.15) is 16.1 Å². The molecule has 0 aliphatic heterocycles. The number of anilines is 1. The molecule has 2 aromatic rings. The second-order valence-electron chi connectivity index (χ2n) is 3.32. The van der Waals surface area contributed by atoms with Crippen LogP contribution in [0, 0.1) is 0 Å². The first-order chi connectivity index (χ1) is 8.47. The minimum atomic E-state index is -4.52. The largest absolute Gasteiger partial charge is 0.433 e. The summed E-state index contributed by atoms with van der Waals surface area (Å²) in [6.45, 7) is 0. The molecule has 18 heavy (non-hydrogen) atoms. The summed E-state index contributed by atoms with van der Waals surface area (Å²) in [7, 11) is 0. The van der Waals surface area contributed by atoms with Gasteiger partial charge in [0.05, 0.1) is 5.56 Å². The molecule has 0 unspecified atom stereocenters. The number of amides is 1. The Kier molecular flexibility index (Phi) is 3.00. The molecule has 0 radical (unpaired) electrons. The number of carbonyl (C=O) groups excluding carboxylic acids is 1. The van der Waals surface area contributed by atoms with Gasteiger partial charge in [-0.3, -0.25) is 15.1 Å². The van der Waals surface area contributed by atoms with E-state index in [4.69, 9.17) is 0 Å². The second-order valence-corrected chi connectivity index (χ2v) is 3.32. The van der Waals surface area contributed by atoms with Gasteiger partial charge in [0.2, 0.25) is 5.95 Å². The van der Waals surface area contributed by atoms with Crippen LogP contribution in [-0.2, 0) is 6.18 Å². The molecule has 0 aliphatic carbocycles. The van der Waals surface area contributed by atoms with Gasteiger partial charge in [0.15, 0.2) is 0 Å². The van der Waals surface area contributed by atoms with Crippen molar-refractivity contribution in [3.8, 4) is 0 Å². The number of carbonyl (C=O) groups is 1. The van der Waals surface area contributed by atoms with Crippen LogP contribution in [0.3, 0.4) is 0 Å². The fourth-order valence-electron chi connectivity index (χ4n) is 1.21. The minimum Gasteiger partial charge on any atom is -0.331 e. The standard InChI is InChI=1S/C10H7F3N4O/c11-10(12,13)7-2-1-6(5-16-7)8(18)17-9-14-3-4-15-9/h1-5H,(H2,14,15,17,18). The zero-order valence-corrected chi connectivity index (χ0v) is 8.82. The molecule has 0 saturated carbocycles. The van der Waals surface area contributed by atoms with Crippen LogP contribution in [0.15, 0.2) is 30.7 Å². The van der Waals surface area contributed by atoms with E-state index in [1.807, 2.05) is 0 Å². The Hall–Kier alpha value is -2.38. The minimum absolute atomic E-state index is 0.0133. The fraction of sp³-hybridized carbons (Fsp3) is 0.100. The molecule has 0 saturated heterocycles. The average Bonchev–Trinajstić information content (AvgIpc) is 2.81. The molecule has 94 valence electrons. The highest BCUT2D eigenvalue weighted by Gasteiger charge is 2.32. The van der Waals surface area contributed by atoms with Crippen LogP contribution in [0.4, 0.5) is 19.1 Å². The molecule has 0 aromatic carbocycles. The summed E-state index contributed by atoms with van der Waals surface area (Å²) in [5, 5.41) is 2.37. The third kappa shape index (κ3) is 2.65. The van der Waals surface area contributed by atoms with E-state index in [0.717, 1.165) is 18.3 Å². The van der Waals surface area contributed by atoms with Gasteiger partial charge in [0.1, 0.15) is 5.69 Å². The quantitative estimate of drug-likeness (QED) is 0.864. The molecule has 8 heteroatoms. The van der Waals surface area contributed by atoms with Crippen LogP contribution < -0.4 is 5.32 Å². The van der Waals surface area contributed by atoms with Gasteiger partial charge < -0.3 is 4.98 Å². The smallest absolute Gasteiger partial charge is 0.331 e. The van der Waals surface area contributed by atoms with E-state index in [1.165, 1.54) is 12.4 Å². The summed E-state index contributed by atoms with van der Waals surface area (Å²) in [6.07, 6.45) is -0.724. The molecule has 0 fully saturated rings. The summed E-state index contributed by atoms with van der Waals surface area (Å²) >= 11 is 0. The van der Waals surface area contributed by atoms with Gasteiger partial charge in [0, 0.05) is 18.6 Å². The molecule has 1 amide bonds. The van der Waals surface area contributed by atoms with Crippen LogP contribution >= 0.6 is 0 Å². The lowest BCUT2D eigenvalue weighted by molar-refractivity contribution is -0.141. The first kappa shape index (κ1) is 12.1. The molecule has 0 spiro atoms. The first-order valence-electron chi connectivity index (χ1n) is 4.81. The van der Waals surface area contributed by atoms with Crippen molar-refractivity contribution in [1.29, 1.82) is 0 Å². The number of hydrogen-bond acceptors (Lipinski definition) is 3. The summed E-state index contributed by atoms with van der Waals surface area (Å²) in [6, 6.07) is 1.80. The van der Waals surface area contributed by atoms with Crippen molar-refractivity contribution in [3.05, 3.63) is 42.0 Å². The highest BCUT2D eigenvalue weighted by atomic mass is 19.4. The number of pyridine rings is 1. The van der Waals surface area contributed by atoms with Crippen LogP contribution in [0.2, 0.25) is 0 Å². The lowest BCUT2D eigenvalue weighted by Crippen LogP contribution is -2.14. The Labute approximate surface area is 99.1 Å². The number of imidazole rings is 1. The third-order valence-electron chi connectivity index (χ3n) is 2.05. The molecule has 2 aromatic heterocycles. The zero-order chi connectivity index (χ0) is 13.2. The van der Waals surface area contributed by atoms with Gasteiger partial charge in [-0.1, -0.05) is 0 Å². The number of aromatic amines is 1. The second kappa shape index (κ2) is 4.47. The van der Waals surface area contributed by atoms with Crippen molar-refractivity contribution < 1.29 is 18.0 Å². The summed E-state index contributed by atoms with van der Waals surface area (Å²) in [4.78, 5) is 21.1. The van der Waals surface area contributed by atoms with Crippen molar-refractivity contribution in [2.75, 3.05) is 5.32 Å². The molecule has 5 nitrogen and oxygen atoms in total. The molecule has 2 heterocycles. The Morgan fingerprint density at radius 1 is 1.28 bits per heavy atom. The maximum atomic E-state index is 12.2. The van der Waals surface area contributed by atoms with Gasteiger partial charge in [-0.15, -0.1) is 0 Å². The van der Waals surface area contributed by atoms with Gasteiger partial charge in [-0.2, -0.15) is 13.2 Å². The Morgan fingerprint density at radius 2 is 2.06 bits per heavy atom. The number of nitrogens with one attached hydrogen (secondary N) is 2. The summed E-state index contributed by atoms with van der Waals surface area (Å²) in [5.41, 5.74) is -1.03. The van der Waals surface area contributed by atoms with E-state index in [-0.39, 0.29) is 11.5 Å². The van der Waals surface area contributed by atoms with Gasteiger partial charge in [-0.25, -0.2) is 4.98 Å². The van der Waals surface area contributed by atoms with Gasteiger partial charge in [0.25, 0.3) is 5.91 Å². The van der Waals surface area contributed by atoms with E-state index in [2.05, 4.69) is 20.3 Å². The highest BCUT2D eigenvalue weighted by molar-refractivity contribution is 6.03. The number of nitrogens with zero attached hydrogens (tertiary/aromatic N) is 2. The number of rotatable bonds is 2. The van der Waals surface area contributed by atoms with Crippen molar-refractivity contribution in [2.45, 2.75) is 6.18 Å². The normalized spacial score (nSPS) is 11.3. The fourth-order valence-corrected chi connectivity index (χ4v) is 1.21. The van der Waals surface area contributed by atoms with Gasteiger partial charge >= 0.3 is 6.18 Å². The summed E-state index contributed by atoms with van der Waals surface area (Å²) < 4.78 is 36.7. The number of halogens is 3. The highest BCUT2D eigenvalue weighted by Crippen LogP contribution is 2.27. The first-order valence-corrected chi connectivity index (χ1v) is 4.81. The van der Waals surface area contributed by atoms with Crippen LogP contribution in [0.5, 0.6) is 0 Å². The zero-order valence-electron chi connectivity index (χ0n) is 8.82. The molecular formula is C10H7F3N4O. The molecule has 2 rings (SSSR count). The lowest BCUT2D eigenvalue weighted by Gasteiger charge is -2.06. The van der Waals surface area contributed by atoms with Crippen molar-refractivity contribution in [3.63, 3.8) is 0 Å². The number of aromatic nitrogens is 3. The van der Waals surface area contributed by atoms with E-state index in [1.54, 1.807) is 0 Å². The predicted octanol–water partition coefficient (Wildman–Crippen LogP) is 2.08. The lowest BCUT2D eigenvalue weighted by atomic mass is 10.2. The van der Waals surface area contributed by atoms with E-state index >= 15 is 0 Å². The van der Waals surface area contributed by atoms with Crippen molar-refractivity contribution >= 4 is 11.9 Å². The van der Waals surface area contributed by atoms with Crippen LogP contribution in [-0.4, -0.2) is 20.9 Å². The Balaban J connectivity index is 2.12. The van der Waals surface area contributed by atoms with Gasteiger partial charge in [-0.05, 0) is 12.1 Å². The van der Waals surface area contributed by atoms with E-state index < -0.39 is 17.8 Å². The molecule has 0 bridgehead atoms. The van der Waals surface area contributed by atoms with Crippen LogP contribution in [0.25, 0.3) is 0 Å². The third-order valence-corrected chi connectivity index (χ3v) is 2.05. The monoisotopic (exact) mass is 256 g/mol. The molecule has 0 aliphatic rings. The van der Waals surface area contributed by atoms with Crippen molar-refractivity contribution in [1.82, 2.24) is 15.0 Å². The number of H-pyrrole nitrogens is 1. The molecule has 2 N–H and O–H groups in total. The molecule has 0 atom stereocenters. The predicted molar refractivity (Wildman–Crippen MR) is 55.8 cm³/mol. The maximum Gasteiger partial charge on any atom is 0.433 e. The average molecular weight is 256 g/mol.